The van der Waals surface area contributed by atoms with Crippen molar-refractivity contribution in [1.29, 1.82) is 0 Å². The van der Waals surface area contributed by atoms with Crippen LogP contribution in [0.1, 0.15) is 14.9 Å². The lowest BCUT2D eigenvalue weighted by molar-refractivity contribution is -0.126. The quantitative estimate of drug-likeness (QED) is 0.871. The molecule has 2 aromatic carbocycles. The summed E-state index contributed by atoms with van der Waals surface area (Å²) in [5.74, 6) is 0.255. The minimum absolute atomic E-state index is 0.154. The summed E-state index contributed by atoms with van der Waals surface area (Å²) in [6.45, 7) is -1.92. The Kier molecular flexibility index (Phi) is 4.71. The Hall–Kier alpha value is -2.02. The van der Waals surface area contributed by atoms with Crippen LogP contribution < -0.4 is 9.64 Å². The van der Waals surface area contributed by atoms with Gasteiger partial charge in [0.1, 0.15) is 11.9 Å². The number of hydrogen-bond donors (Lipinski definition) is 1. The molecule has 1 N–H and O–H groups in total. The number of carbonyl (C=O) groups excluding carboxylic acids is 1. The SMILES string of the molecule is [2H]C([2H])([2H])N(C)CCN1C(=O)[C@@H](O)[C@@H](c2ccc(OC)cc2)Sc2ccccc21. The number of para-hydroxylation sites is 1. The molecule has 2 atom stereocenters. The number of benzene rings is 2. The molecule has 0 saturated carbocycles. The van der Waals surface area contributed by atoms with E-state index in [9.17, 15) is 9.90 Å². The summed E-state index contributed by atoms with van der Waals surface area (Å²) >= 11 is 1.42. The number of likely N-dealkylation sites (N-methyl/N-ethyl adjacent to an activating group) is 1. The second-order valence-corrected chi connectivity index (χ2v) is 7.32. The molecule has 0 aliphatic carbocycles. The Morgan fingerprint density at radius 2 is 2.00 bits per heavy atom. The minimum Gasteiger partial charge on any atom is -0.497 e. The van der Waals surface area contributed by atoms with E-state index in [1.807, 2.05) is 36.4 Å². The predicted molar refractivity (Wildman–Crippen MR) is 105 cm³/mol. The van der Waals surface area contributed by atoms with Crippen molar-refractivity contribution < 1.29 is 18.8 Å². The highest BCUT2D eigenvalue weighted by Crippen LogP contribution is 2.45. The van der Waals surface area contributed by atoms with Gasteiger partial charge >= 0.3 is 0 Å². The van der Waals surface area contributed by atoms with Crippen LogP contribution in [0.5, 0.6) is 5.75 Å². The van der Waals surface area contributed by atoms with Crippen molar-refractivity contribution in [3.05, 3.63) is 54.1 Å². The van der Waals surface area contributed by atoms with Crippen molar-refractivity contribution in [3.8, 4) is 5.75 Å². The van der Waals surface area contributed by atoms with Crippen molar-refractivity contribution in [2.24, 2.45) is 0 Å². The lowest BCUT2D eigenvalue weighted by Crippen LogP contribution is -2.43. The molecule has 1 heterocycles. The molecule has 0 unspecified atom stereocenters. The monoisotopic (exact) mass is 375 g/mol. The second-order valence-electron chi connectivity index (χ2n) is 6.14. The normalized spacial score (nSPS) is 22.2. The van der Waals surface area contributed by atoms with Crippen LogP contribution in [0, 0.1) is 0 Å². The molecule has 0 spiro atoms. The van der Waals surface area contributed by atoms with Gasteiger partial charge in [-0.2, -0.15) is 0 Å². The highest BCUT2D eigenvalue weighted by atomic mass is 32.2. The number of amides is 1. The van der Waals surface area contributed by atoms with Crippen LogP contribution >= 0.6 is 11.8 Å². The molecule has 3 rings (SSSR count). The van der Waals surface area contributed by atoms with Gasteiger partial charge in [-0.3, -0.25) is 4.79 Å². The van der Waals surface area contributed by atoms with E-state index in [2.05, 4.69) is 0 Å². The maximum Gasteiger partial charge on any atom is 0.257 e. The van der Waals surface area contributed by atoms with E-state index >= 15 is 0 Å². The van der Waals surface area contributed by atoms with E-state index in [1.54, 1.807) is 19.2 Å². The van der Waals surface area contributed by atoms with Crippen molar-refractivity contribution in [3.63, 3.8) is 0 Å². The first kappa shape index (κ1) is 15.1. The van der Waals surface area contributed by atoms with Crippen molar-refractivity contribution >= 4 is 23.4 Å². The number of carbonyl (C=O) groups is 1. The highest BCUT2D eigenvalue weighted by molar-refractivity contribution is 7.99. The number of anilines is 1. The smallest absolute Gasteiger partial charge is 0.257 e. The van der Waals surface area contributed by atoms with Gasteiger partial charge in [0, 0.05) is 22.1 Å². The summed E-state index contributed by atoms with van der Waals surface area (Å²) in [5.41, 5.74) is 1.49. The van der Waals surface area contributed by atoms with Crippen LogP contribution in [0.15, 0.2) is 53.4 Å². The highest BCUT2D eigenvalue weighted by Gasteiger charge is 2.37. The van der Waals surface area contributed by atoms with Gasteiger partial charge in [-0.15, -0.1) is 11.8 Å². The standard InChI is InChI=1S/C20H24N2O3S/c1-21(2)12-13-22-16-6-4-5-7-17(16)26-19(18(23)20(22)24)14-8-10-15(25-3)11-9-14/h4-11,18-19,23H,12-13H2,1-3H3/t18-,19+/m0/s1/i1D3. The molecule has 0 aromatic heterocycles. The number of aliphatic hydroxyl groups is 1. The van der Waals surface area contributed by atoms with Gasteiger partial charge in [0.05, 0.1) is 18.0 Å². The number of hydrogen-bond acceptors (Lipinski definition) is 5. The fraction of sp³-hybridized carbons (Fsp3) is 0.350. The minimum atomic E-state index is -2.24. The van der Waals surface area contributed by atoms with Crippen molar-refractivity contribution in [1.82, 2.24) is 4.90 Å². The maximum absolute atomic E-state index is 13.2. The zero-order valence-electron chi connectivity index (χ0n) is 17.8. The Balaban J connectivity index is 1.92. The van der Waals surface area contributed by atoms with Crippen LogP contribution in [0.2, 0.25) is 0 Å². The fourth-order valence-electron chi connectivity index (χ4n) is 2.91. The summed E-state index contributed by atoms with van der Waals surface area (Å²) in [6.07, 6.45) is -1.26. The van der Waals surface area contributed by atoms with E-state index in [0.717, 1.165) is 10.5 Å². The van der Waals surface area contributed by atoms with Gasteiger partial charge in [0.2, 0.25) is 0 Å². The predicted octanol–water partition coefficient (Wildman–Crippen LogP) is 2.80. The van der Waals surface area contributed by atoms with Gasteiger partial charge in [0.15, 0.2) is 0 Å². The van der Waals surface area contributed by atoms with E-state index in [-0.39, 0.29) is 13.1 Å². The lowest BCUT2D eigenvalue weighted by atomic mass is 10.1. The number of rotatable bonds is 5. The van der Waals surface area contributed by atoms with Crippen LogP contribution in [0.25, 0.3) is 0 Å². The number of methoxy groups -OCH3 is 1. The molecule has 1 aliphatic heterocycles. The largest absolute Gasteiger partial charge is 0.497 e. The summed E-state index contributed by atoms with van der Waals surface area (Å²) in [7, 11) is 3.07. The van der Waals surface area contributed by atoms with E-state index in [1.165, 1.54) is 28.6 Å². The van der Waals surface area contributed by atoms with Gasteiger partial charge in [0.25, 0.3) is 5.91 Å². The van der Waals surface area contributed by atoms with Crippen LogP contribution in [0.4, 0.5) is 5.69 Å². The fourth-order valence-corrected chi connectivity index (χ4v) is 4.18. The van der Waals surface area contributed by atoms with E-state index < -0.39 is 24.2 Å². The third kappa shape index (κ3) is 3.87. The molecule has 0 bridgehead atoms. The molecular formula is C20H24N2O3S. The van der Waals surface area contributed by atoms with Crippen LogP contribution in [-0.4, -0.2) is 56.2 Å². The zero-order valence-corrected chi connectivity index (χ0v) is 15.6. The number of nitrogens with zero attached hydrogens (tertiary/aromatic N) is 2. The molecule has 1 amide bonds. The van der Waals surface area contributed by atoms with Gasteiger partial charge in [-0.1, -0.05) is 24.3 Å². The zero-order chi connectivity index (χ0) is 21.2. The molecule has 2 aromatic rings. The Morgan fingerprint density at radius 1 is 1.27 bits per heavy atom. The number of thioether (sulfide) groups is 1. The van der Waals surface area contributed by atoms with Crippen molar-refractivity contribution in [2.45, 2.75) is 16.2 Å². The average molecular weight is 376 g/mol. The molecule has 26 heavy (non-hydrogen) atoms. The molecule has 0 radical (unpaired) electrons. The molecule has 138 valence electrons. The Labute approximate surface area is 162 Å². The summed E-state index contributed by atoms with van der Waals surface area (Å²) in [4.78, 5) is 16.7. The Bertz CT molecular complexity index is 861. The first-order chi connectivity index (χ1) is 13.7. The van der Waals surface area contributed by atoms with Gasteiger partial charge < -0.3 is 19.6 Å². The van der Waals surface area contributed by atoms with E-state index in [0.29, 0.717) is 11.4 Å². The number of ether oxygens (including phenoxy) is 1. The number of fused-ring (bicyclic) bond motifs is 1. The lowest BCUT2D eigenvalue weighted by Gasteiger charge is -2.26. The van der Waals surface area contributed by atoms with Crippen LogP contribution in [0.3, 0.4) is 0 Å². The third-order valence-corrected chi connectivity index (χ3v) is 5.70. The molecular weight excluding hydrogens is 348 g/mol. The molecule has 0 saturated heterocycles. The maximum atomic E-state index is 13.2. The first-order valence-corrected chi connectivity index (χ1v) is 9.20. The van der Waals surface area contributed by atoms with Crippen LogP contribution in [-0.2, 0) is 4.79 Å². The third-order valence-electron chi connectivity index (χ3n) is 4.32. The number of aliphatic hydroxyl groups excluding tert-OH is 1. The van der Waals surface area contributed by atoms with Gasteiger partial charge in [-0.05, 0) is 43.9 Å². The first-order valence-electron chi connectivity index (χ1n) is 9.82. The van der Waals surface area contributed by atoms with Crippen molar-refractivity contribution in [2.75, 3.05) is 39.1 Å². The summed E-state index contributed by atoms with van der Waals surface area (Å²) < 4.78 is 27.7. The topological polar surface area (TPSA) is 53.0 Å². The summed E-state index contributed by atoms with van der Waals surface area (Å²) in [5, 5.41) is 10.4. The molecule has 6 heteroatoms. The Morgan fingerprint density at radius 3 is 2.69 bits per heavy atom. The summed E-state index contributed by atoms with van der Waals surface area (Å²) in [6, 6.07) is 14.7. The van der Waals surface area contributed by atoms with Gasteiger partial charge in [-0.25, -0.2) is 0 Å². The average Bonchev–Trinajstić information content (AvgIpc) is 2.81. The second kappa shape index (κ2) is 8.12. The molecule has 5 nitrogen and oxygen atoms in total. The van der Waals surface area contributed by atoms with E-state index in [4.69, 9.17) is 8.85 Å². The molecule has 1 aliphatic rings. The molecule has 0 fully saturated rings.